The van der Waals surface area contributed by atoms with Crippen LogP contribution in [0.25, 0.3) is 12.2 Å². The first kappa shape index (κ1) is 22.2. The number of likely N-dealkylation sites (N-methyl/N-ethyl adjacent to an activating group) is 1. The number of benzene rings is 1. The summed E-state index contributed by atoms with van der Waals surface area (Å²) in [6, 6.07) is 11.4. The van der Waals surface area contributed by atoms with Gasteiger partial charge in [0.1, 0.15) is 11.6 Å². The van der Waals surface area contributed by atoms with Gasteiger partial charge in [0.2, 0.25) is 5.91 Å². The average Bonchev–Trinajstić information content (AvgIpc) is 3.23. The Bertz CT molecular complexity index is 1140. The monoisotopic (exact) mass is 444 g/mol. The number of H-pyrrole nitrogens is 1. The Morgan fingerprint density at radius 1 is 1.06 bits per heavy atom. The van der Waals surface area contributed by atoms with Crippen LogP contribution in [0, 0.1) is 6.92 Å². The Balaban J connectivity index is 1.56. The van der Waals surface area contributed by atoms with Crippen LogP contribution in [0.3, 0.4) is 0 Å². The summed E-state index contributed by atoms with van der Waals surface area (Å²) in [4.78, 5) is 25.5. The molecular formula is C24H28N8O. The number of anilines is 4. The molecule has 1 fully saturated rings. The number of nitrogens with one attached hydrogen (secondary N) is 3. The van der Waals surface area contributed by atoms with E-state index in [4.69, 9.17) is 4.98 Å². The minimum atomic E-state index is -0.237. The number of rotatable bonds is 7. The van der Waals surface area contributed by atoms with E-state index in [0.717, 1.165) is 43.3 Å². The third-order valence-electron chi connectivity index (χ3n) is 5.31. The summed E-state index contributed by atoms with van der Waals surface area (Å²) >= 11 is 0. The Hall–Kier alpha value is -3.98. The minimum Gasteiger partial charge on any atom is -0.354 e. The van der Waals surface area contributed by atoms with Crippen molar-refractivity contribution in [2.45, 2.75) is 6.92 Å². The molecule has 0 bridgehead atoms. The summed E-state index contributed by atoms with van der Waals surface area (Å²) in [5.74, 6) is 2.65. The SMILES string of the molecule is C=CC(=O)Nc1ccc(C=Cc2nc(Nc3cc(C)[nH]n3)cc(N3CCN(C)CC3)n2)cc1. The number of carbonyl (C=O) groups excluding carboxylic acids is 1. The molecule has 0 aliphatic carbocycles. The topological polar surface area (TPSA) is 102 Å². The van der Waals surface area contributed by atoms with Crippen LogP contribution < -0.4 is 15.5 Å². The molecular weight excluding hydrogens is 416 g/mol. The van der Waals surface area contributed by atoms with Gasteiger partial charge in [-0.3, -0.25) is 9.89 Å². The zero-order valence-electron chi connectivity index (χ0n) is 18.9. The number of hydrogen-bond acceptors (Lipinski definition) is 7. The van der Waals surface area contributed by atoms with Gasteiger partial charge in [0.25, 0.3) is 0 Å². The van der Waals surface area contributed by atoms with E-state index in [1.54, 1.807) is 0 Å². The summed E-state index contributed by atoms with van der Waals surface area (Å²) in [5, 5.41) is 13.2. The predicted octanol–water partition coefficient (Wildman–Crippen LogP) is 3.30. The van der Waals surface area contributed by atoms with Crippen LogP contribution in [0.1, 0.15) is 17.1 Å². The fourth-order valence-electron chi connectivity index (χ4n) is 3.44. The van der Waals surface area contributed by atoms with E-state index in [0.29, 0.717) is 23.1 Å². The first-order valence-corrected chi connectivity index (χ1v) is 10.8. The number of piperazine rings is 1. The van der Waals surface area contributed by atoms with Crippen LogP contribution in [0.5, 0.6) is 0 Å². The number of carbonyl (C=O) groups is 1. The van der Waals surface area contributed by atoms with E-state index in [-0.39, 0.29) is 5.91 Å². The zero-order valence-corrected chi connectivity index (χ0v) is 18.9. The van der Waals surface area contributed by atoms with Crippen molar-refractivity contribution in [3.8, 4) is 0 Å². The number of hydrogen-bond donors (Lipinski definition) is 3. The minimum absolute atomic E-state index is 0.237. The van der Waals surface area contributed by atoms with E-state index in [2.05, 4.69) is 49.2 Å². The lowest BCUT2D eigenvalue weighted by Crippen LogP contribution is -2.44. The van der Waals surface area contributed by atoms with Gasteiger partial charge < -0.3 is 20.4 Å². The van der Waals surface area contributed by atoms with Gasteiger partial charge in [0.15, 0.2) is 11.6 Å². The number of aryl methyl sites for hydroxylation is 1. The van der Waals surface area contributed by atoms with Gasteiger partial charge in [-0.1, -0.05) is 24.8 Å². The molecule has 3 aromatic rings. The number of aromatic amines is 1. The van der Waals surface area contributed by atoms with Crippen molar-refractivity contribution >= 4 is 41.2 Å². The molecule has 3 N–H and O–H groups in total. The van der Waals surface area contributed by atoms with Crippen LogP contribution in [0.4, 0.5) is 23.1 Å². The van der Waals surface area contributed by atoms with Crippen molar-refractivity contribution < 1.29 is 4.79 Å². The molecule has 0 atom stereocenters. The lowest BCUT2D eigenvalue weighted by Gasteiger charge is -2.33. The molecule has 2 aromatic heterocycles. The van der Waals surface area contributed by atoms with Crippen LogP contribution in [-0.4, -0.2) is 64.2 Å². The van der Waals surface area contributed by atoms with Crippen molar-refractivity contribution in [2.75, 3.05) is 48.8 Å². The van der Waals surface area contributed by atoms with Crippen molar-refractivity contribution in [3.05, 3.63) is 66.1 Å². The second-order valence-electron chi connectivity index (χ2n) is 7.97. The van der Waals surface area contributed by atoms with Crippen LogP contribution >= 0.6 is 0 Å². The van der Waals surface area contributed by atoms with E-state index in [1.165, 1.54) is 6.08 Å². The van der Waals surface area contributed by atoms with Crippen LogP contribution in [-0.2, 0) is 4.79 Å². The molecule has 170 valence electrons. The van der Waals surface area contributed by atoms with Gasteiger partial charge in [-0.2, -0.15) is 5.10 Å². The first-order chi connectivity index (χ1) is 16.0. The Labute approximate surface area is 193 Å². The van der Waals surface area contributed by atoms with Gasteiger partial charge >= 0.3 is 0 Å². The van der Waals surface area contributed by atoms with Gasteiger partial charge in [-0.05, 0) is 43.8 Å². The molecule has 4 rings (SSSR count). The summed E-state index contributed by atoms with van der Waals surface area (Å²) in [6.07, 6.45) is 5.08. The first-order valence-electron chi connectivity index (χ1n) is 10.8. The second-order valence-corrected chi connectivity index (χ2v) is 7.97. The zero-order chi connectivity index (χ0) is 23.2. The molecule has 1 aliphatic rings. The Kier molecular flexibility index (Phi) is 6.80. The van der Waals surface area contributed by atoms with E-state index in [9.17, 15) is 4.79 Å². The lowest BCUT2D eigenvalue weighted by atomic mass is 10.2. The summed E-state index contributed by atoms with van der Waals surface area (Å²) in [5.41, 5.74) is 2.66. The molecule has 1 aromatic carbocycles. The standard InChI is InChI=1S/C24H28N8O/c1-4-24(33)25-19-8-5-18(6-9-19)7-10-20-26-21(27-22-15-17(2)29-30-22)16-23(28-20)32-13-11-31(3)12-14-32/h4-10,15-16H,1,11-14H2,2-3H3,(H,25,33)(H2,26,27,28,29,30). The molecule has 3 heterocycles. The largest absolute Gasteiger partial charge is 0.354 e. The normalized spacial score (nSPS) is 14.4. The molecule has 1 aliphatic heterocycles. The van der Waals surface area contributed by atoms with Crippen molar-refractivity contribution in [3.63, 3.8) is 0 Å². The predicted molar refractivity (Wildman–Crippen MR) is 133 cm³/mol. The van der Waals surface area contributed by atoms with Crippen LogP contribution in [0.2, 0.25) is 0 Å². The highest BCUT2D eigenvalue weighted by Gasteiger charge is 2.17. The maximum atomic E-state index is 11.4. The number of nitrogens with zero attached hydrogens (tertiary/aromatic N) is 5. The van der Waals surface area contributed by atoms with Gasteiger partial charge in [0, 0.05) is 49.7 Å². The van der Waals surface area contributed by atoms with E-state index >= 15 is 0 Å². The highest BCUT2D eigenvalue weighted by molar-refractivity contribution is 5.98. The van der Waals surface area contributed by atoms with E-state index in [1.807, 2.05) is 55.5 Å². The smallest absolute Gasteiger partial charge is 0.247 e. The van der Waals surface area contributed by atoms with Crippen molar-refractivity contribution in [1.29, 1.82) is 0 Å². The molecule has 9 heteroatoms. The maximum Gasteiger partial charge on any atom is 0.247 e. The number of aromatic nitrogens is 4. The van der Waals surface area contributed by atoms with Crippen molar-refractivity contribution in [1.82, 2.24) is 25.1 Å². The molecule has 0 saturated carbocycles. The molecule has 0 spiro atoms. The molecule has 1 amide bonds. The fourth-order valence-corrected chi connectivity index (χ4v) is 3.44. The molecule has 33 heavy (non-hydrogen) atoms. The van der Waals surface area contributed by atoms with Crippen LogP contribution in [0.15, 0.2) is 49.1 Å². The molecule has 0 radical (unpaired) electrons. The molecule has 0 unspecified atom stereocenters. The molecule has 9 nitrogen and oxygen atoms in total. The highest BCUT2D eigenvalue weighted by Crippen LogP contribution is 2.21. The second kappa shape index (κ2) is 10.1. The molecule has 1 saturated heterocycles. The van der Waals surface area contributed by atoms with E-state index < -0.39 is 0 Å². The lowest BCUT2D eigenvalue weighted by molar-refractivity contribution is -0.111. The quantitative estimate of drug-likeness (QED) is 0.481. The third-order valence-corrected chi connectivity index (χ3v) is 5.31. The third kappa shape index (κ3) is 6.05. The summed E-state index contributed by atoms with van der Waals surface area (Å²) in [6.45, 7) is 9.22. The Morgan fingerprint density at radius 3 is 2.48 bits per heavy atom. The summed E-state index contributed by atoms with van der Waals surface area (Å²) < 4.78 is 0. The highest BCUT2D eigenvalue weighted by atomic mass is 16.1. The van der Waals surface area contributed by atoms with Crippen molar-refractivity contribution in [2.24, 2.45) is 0 Å². The Morgan fingerprint density at radius 2 is 1.82 bits per heavy atom. The van der Waals surface area contributed by atoms with Gasteiger partial charge in [-0.25, -0.2) is 9.97 Å². The van der Waals surface area contributed by atoms with Gasteiger partial charge in [-0.15, -0.1) is 0 Å². The summed E-state index contributed by atoms with van der Waals surface area (Å²) in [7, 11) is 2.13. The maximum absolute atomic E-state index is 11.4. The van der Waals surface area contributed by atoms with Gasteiger partial charge in [0.05, 0.1) is 0 Å². The fraction of sp³-hybridized carbons (Fsp3) is 0.250. The average molecular weight is 445 g/mol. The number of amides is 1.